The smallest absolute Gasteiger partial charge is 0.255 e. The van der Waals surface area contributed by atoms with Gasteiger partial charge in [-0.1, -0.05) is 6.07 Å². The van der Waals surface area contributed by atoms with E-state index in [4.69, 9.17) is 4.74 Å². The molecule has 5 aliphatic rings. The normalized spacial score (nSPS) is 23.0. The summed E-state index contributed by atoms with van der Waals surface area (Å²) < 4.78 is 36.9. The zero-order valence-corrected chi connectivity index (χ0v) is 32.4. The van der Waals surface area contributed by atoms with Crippen LogP contribution in [0.2, 0.25) is 0 Å². The fourth-order valence-corrected chi connectivity index (χ4v) is 9.76. The standard InChI is InChI=1S/C43H47F2N7O5/c1-43(2)39(52(42(43)56)33-6-4-5-32-38(33)31(45)22-46-32)29-20-30(44)35(21-36(29)57-3)50-13-11-25(12-14-50)23-48-15-17-49(18-16-48)27-7-8-28-26(19-27)24-51(41(28)55)34-9-10-37(53)47-40(34)54/h4-8,19-22,25,34,39,46H,9-18,23-24H2,1-3H3,(H,47,53,54)/t34-,39-/m0/s1. The van der Waals surface area contributed by atoms with E-state index in [2.05, 4.69) is 31.1 Å². The number of benzene rings is 3. The Labute approximate surface area is 329 Å². The van der Waals surface area contributed by atoms with Crippen LogP contribution in [0.25, 0.3) is 10.9 Å². The number of carbonyl (C=O) groups is 4. The van der Waals surface area contributed by atoms with Gasteiger partial charge in [0, 0.05) is 87.9 Å². The van der Waals surface area contributed by atoms with E-state index in [0.717, 1.165) is 56.8 Å². The molecule has 4 saturated heterocycles. The fourth-order valence-electron chi connectivity index (χ4n) is 9.76. The molecule has 0 unspecified atom stereocenters. The number of hydrogen-bond donors (Lipinski definition) is 2. The topological polar surface area (TPSA) is 122 Å². The van der Waals surface area contributed by atoms with Crippen molar-refractivity contribution in [2.75, 3.05) is 67.6 Å². The molecule has 2 atom stereocenters. The fraction of sp³-hybridized carbons (Fsp3) is 0.442. The number of H-pyrrole nitrogens is 1. The average Bonchev–Trinajstić information content (AvgIpc) is 3.75. The Morgan fingerprint density at radius 3 is 2.37 bits per heavy atom. The van der Waals surface area contributed by atoms with E-state index in [1.165, 1.54) is 12.3 Å². The van der Waals surface area contributed by atoms with Crippen molar-refractivity contribution in [2.24, 2.45) is 11.3 Å². The Balaban J connectivity index is 0.813. The maximum Gasteiger partial charge on any atom is 0.255 e. The largest absolute Gasteiger partial charge is 0.496 e. The van der Waals surface area contributed by atoms with E-state index in [1.807, 2.05) is 26.0 Å². The van der Waals surface area contributed by atoms with Gasteiger partial charge in [0.15, 0.2) is 5.82 Å². The van der Waals surface area contributed by atoms with Crippen LogP contribution in [0, 0.1) is 23.0 Å². The molecule has 4 aromatic rings. The molecule has 4 amide bonds. The molecular weight excluding hydrogens is 733 g/mol. The number of fused-ring (bicyclic) bond motifs is 2. The second-order valence-corrected chi connectivity index (χ2v) is 16.6. The summed E-state index contributed by atoms with van der Waals surface area (Å²) in [7, 11) is 1.56. The summed E-state index contributed by atoms with van der Waals surface area (Å²) in [5, 5.41) is 2.69. The predicted molar refractivity (Wildman–Crippen MR) is 211 cm³/mol. The predicted octanol–water partition coefficient (Wildman–Crippen LogP) is 5.37. The van der Waals surface area contributed by atoms with Gasteiger partial charge in [0.25, 0.3) is 5.91 Å². The first-order chi connectivity index (χ1) is 27.4. The molecule has 3 aromatic carbocycles. The highest BCUT2D eigenvalue weighted by Crippen LogP contribution is 2.55. The highest BCUT2D eigenvalue weighted by molar-refractivity contribution is 6.11. The van der Waals surface area contributed by atoms with Gasteiger partial charge in [-0.25, -0.2) is 8.78 Å². The number of nitrogens with one attached hydrogen (secondary N) is 2. The number of anilines is 3. The van der Waals surface area contributed by atoms with Gasteiger partial charge in [-0.2, -0.15) is 0 Å². The minimum Gasteiger partial charge on any atom is -0.496 e. The number of piperidine rings is 2. The molecule has 0 saturated carbocycles. The molecule has 6 heterocycles. The lowest BCUT2D eigenvalue weighted by molar-refractivity contribution is -0.138. The molecule has 14 heteroatoms. The average molecular weight is 780 g/mol. The second-order valence-electron chi connectivity index (χ2n) is 16.6. The molecule has 0 spiro atoms. The van der Waals surface area contributed by atoms with E-state index in [1.54, 1.807) is 41.2 Å². The molecule has 298 valence electrons. The van der Waals surface area contributed by atoms with E-state index in [-0.39, 0.29) is 30.0 Å². The molecule has 0 aliphatic carbocycles. The van der Waals surface area contributed by atoms with Crippen molar-refractivity contribution in [3.8, 4) is 5.75 Å². The van der Waals surface area contributed by atoms with Crippen LogP contribution < -0.4 is 24.8 Å². The van der Waals surface area contributed by atoms with Crippen molar-refractivity contribution in [3.63, 3.8) is 0 Å². The highest BCUT2D eigenvalue weighted by atomic mass is 19.1. The molecule has 1 aromatic heterocycles. The summed E-state index contributed by atoms with van der Waals surface area (Å²) >= 11 is 0. The number of nitrogens with zero attached hydrogens (tertiary/aromatic N) is 5. The first-order valence-electron chi connectivity index (χ1n) is 19.9. The van der Waals surface area contributed by atoms with E-state index < -0.39 is 29.2 Å². The van der Waals surface area contributed by atoms with Crippen molar-refractivity contribution < 1.29 is 32.7 Å². The number of aromatic amines is 1. The molecule has 9 rings (SSSR count). The molecule has 0 bridgehead atoms. The van der Waals surface area contributed by atoms with Crippen LogP contribution in [0.4, 0.5) is 25.8 Å². The summed E-state index contributed by atoms with van der Waals surface area (Å²) in [5.74, 6) is -0.886. The van der Waals surface area contributed by atoms with Crippen LogP contribution in [0.15, 0.2) is 54.7 Å². The Bertz CT molecular complexity index is 2290. The van der Waals surface area contributed by atoms with Crippen LogP contribution in [0.5, 0.6) is 5.75 Å². The summed E-state index contributed by atoms with van der Waals surface area (Å²) in [5.41, 5.74) is 3.78. The van der Waals surface area contributed by atoms with Crippen molar-refractivity contribution in [1.29, 1.82) is 0 Å². The minimum absolute atomic E-state index is 0.163. The molecule has 2 N–H and O–H groups in total. The third-order valence-corrected chi connectivity index (χ3v) is 12.9. The number of hydrogen-bond acceptors (Lipinski definition) is 8. The SMILES string of the molecule is COc1cc(N2CCC(CN3CCN(c4ccc5c(c4)CN([C@H]4CCC(=O)NC4=O)C5=O)CC3)CC2)c(F)cc1[C@@H]1N(c2cccc3[nH]cc(F)c23)C(=O)C1(C)C. The third-order valence-electron chi connectivity index (χ3n) is 12.9. The number of carbonyl (C=O) groups excluding carboxylic acids is 4. The molecule has 12 nitrogen and oxygen atoms in total. The van der Waals surface area contributed by atoms with Crippen molar-refractivity contribution in [3.05, 3.63) is 83.1 Å². The highest BCUT2D eigenvalue weighted by Gasteiger charge is 2.57. The van der Waals surface area contributed by atoms with Gasteiger partial charge in [0.2, 0.25) is 17.7 Å². The maximum absolute atomic E-state index is 16.2. The molecular formula is C43H47F2N7O5. The number of methoxy groups -OCH3 is 1. The number of piperazine rings is 1. The minimum atomic E-state index is -0.858. The zero-order valence-electron chi connectivity index (χ0n) is 32.4. The number of halogens is 2. The number of rotatable bonds is 8. The molecule has 5 aliphatic heterocycles. The van der Waals surface area contributed by atoms with Crippen molar-refractivity contribution in [1.82, 2.24) is 20.1 Å². The van der Waals surface area contributed by atoms with Gasteiger partial charge in [0.1, 0.15) is 17.6 Å². The number of imide groups is 1. The molecule has 57 heavy (non-hydrogen) atoms. The van der Waals surface area contributed by atoms with Crippen molar-refractivity contribution in [2.45, 2.75) is 58.2 Å². The van der Waals surface area contributed by atoms with Crippen LogP contribution >= 0.6 is 0 Å². The monoisotopic (exact) mass is 779 g/mol. The van der Waals surface area contributed by atoms with E-state index in [0.29, 0.717) is 71.1 Å². The number of amides is 4. The van der Waals surface area contributed by atoms with Crippen LogP contribution in [-0.2, 0) is 20.9 Å². The first-order valence-corrected chi connectivity index (χ1v) is 19.9. The quantitative estimate of drug-likeness (QED) is 0.181. The van der Waals surface area contributed by atoms with Gasteiger partial charge in [-0.05, 0) is 81.0 Å². The van der Waals surface area contributed by atoms with Gasteiger partial charge in [-0.3, -0.25) is 29.4 Å². The lowest BCUT2D eigenvalue weighted by Crippen LogP contribution is -2.61. The summed E-state index contributed by atoms with van der Waals surface area (Å²) in [6.45, 7) is 9.95. The van der Waals surface area contributed by atoms with Crippen molar-refractivity contribution >= 4 is 51.6 Å². The van der Waals surface area contributed by atoms with Gasteiger partial charge in [0.05, 0.1) is 40.8 Å². The van der Waals surface area contributed by atoms with Gasteiger partial charge >= 0.3 is 0 Å². The van der Waals surface area contributed by atoms with Crippen LogP contribution in [0.1, 0.15) is 67.1 Å². The Kier molecular flexibility index (Phi) is 9.21. The number of ether oxygens (including phenoxy) is 1. The van der Waals surface area contributed by atoms with E-state index >= 15 is 4.39 Å². The lowest BCUT2D eigenvalue weighted by atomic mass is 9.70. The number of β-lactam (4-membered cyclic amide) rings is 1. The maximum atomic E-state index is 16.2. The summed E-state index contributed by atoms with van der Waals surface area (Å²) in [6.07, 6.45) is 3.71. The summed E-state index contributed by atoms with van der Waals surface area (Å²) in [4.78, 5) is 63.8. The van der Waals surface area contributed by atoms with Gasteiger partial charge in [-0.15, -0.1) is 0 Å². The van der Waals surface area contributed by atoms with Gasteiger partial charge < -0.3 is 29.3 Å². The number of aromatic nitrogens is 1. The zero-order chi connectivity index (χ0) is 39.7. The van der Waals surface area contributed by atoms with Crippen LogP contribution in [0.3, 0.4) is 0 Å². The third kappa shape index (κ3) is 6.28. The van der Waals surface area contributed by atoms with Crippen LogP contribution in [-0.4, -0.2) is 97.4 Å². The molecule has 0 radical (unpaired) electrons. The molecule has 4 fully saturated rings. The Hall–Kier alpha value is -5.50. The lowest BCUT2D eigenvalue weighted by Gasteiger charge is -2.53. The summed E-state index contributed by atoms with van der Waals surface area (Å²) in [6, 6.07) is 13.2. The first kappa shape index (κ1) is 37.1. The Morgan fingerprint density at radius 2 is 1.63 bits per heavy atom. The Morgan fingerprint density at radius 1 is 0.860 bits per heavy atom. The second kappa shape index (κ2) is 14.2. The van der Waals surface area contributed by atoms with E-state index in [9.17, 15) is 23.6 Å².